The molecule has 7 heteroatoms. The number of hydrogen-bond donors (Lipinski definition) is 5. The van der Waals surface area contributed by atoms with E-state index < -0.39 is 5.97 Å². The number of hydrogen-bond acceptors (Lipinski definition) is 4. The molecule has 0 radical (unpaired) electrons. The quantitative estimate of drug-likeness (QED) is 0.257. The molecule has 0 atom stereocenters. The molecule has 6 N–H and O–H groups in total. The van der Waals surface area contributed by atoms with Gasteiger partial charge < -0.3 is 21.5 Å². The number of nitrogens with one attached hydrogen (secondary N) is 3. The first-order chi connectivity index (χ1) is 15.3. The molecule has 0 bridgehead atoms. The number of amidine groups is 1. The van der Waals surface area contributed by atoms with Gasteiger partial charge in [-0.2, -0.15) is 0 Å². The minimum atomic E-state index is -0.832. The molecular formula is C25H26N4O3. The average Bonchev–Trinajstić information content (AvgIpc) is 2.77. The molecule has 0 unspecified atom stereocenters. The molecule has 0 heterocycles. The highest BCUT2D eigenvalue weighted by molar-refractivity contribution is 6.08. The summed E-state index contributed by atoms with van der Waals surface area (Å²) >= 11 is 0. The van der Waals surface area contributed by atoms with E-state index in [2.05, 4.69) is 10.6 Å². The van der Waals surface area contributed by atoms with Crippen molar-refractivity contribution in [3.05, 3.63) is 94.5 Å². The van der Waals surface area contributed by atoms with E-state index in [0.717, 1.165) is 16.7 Å². The van der Waals surface area contributed by atoms with Crippen LogP contribution < -0.4 is 16.4 Å². The largest absolute Gasteiger partial charge is 0.481 e. The maximum Gasteiger partial charge on any atom is 0.303 e. The molecule has 32 heavy (non-hydrogen) atoms. The summed E-state index contributed by atoms with van der Waals surface area (Å²) < 4.78 is 0. The van der Waals surface area contributed by atoms with Crippen LogP contribution in [0.2, 0.25) is 0 Å². The van der Waals surface area contributed by atoms with Crippen LogP contribution in [0, 0.1) is 12.3 Å². The van der Waals surface area contributed by atoms with E-state index in [4.69, 9.17) is 16.2 Å². The van der Waals surface area contributed by atoms with Gasteiger partial charge in [-0.25, -0.2) is 0 Å². The van der Waals surface area contributed by atoms with E-state index in [1.54, 1.807) is 24.3 Å². The molecule has 3 aromatic rings. The summed E-state index contributed by atoms with van der Waals surface area (Å²) in [6.45, 7) is 2.38. The Morgan fingerprint density at radius 2 is 1.69 bits per heavy atom. The molecule has 3 rings (SSSR count). The lowest BCUT2D eigenvalue weighted by Gasteiger charge is -2.15. The number of nitrogen functional groups attached to an aromatic ring is 1. The van der Waals surface area contributed by atoms with Crippen LogP contribution in [0.25, 0.3) is 0 Å². The zero-order valence-corrected chi connectivity index (χ0v) is 17.8. The van der Waals surface area contributed by atoms with Crippen LogP contribution in [0.4, 0.5) is 11.4 Å². The fraction of sp³-hybridized carbons (Fsp3) is 0.160. The van der Waals surface area contributed by atoms with Gasteiger partial charge in [-0.05, 0) is 60.9 Å². The second-order valence-electron chi connectivity index (χ2n) is 7.51. The highest BCUT2D eigenvalue weighted by Crippen LogP contribution is 2.22. The number of carboxylic acids is 1. The molecule has 0 aliphatic heterocycles. The van der Waals surface area contributed by atoms with E-state index in [9.17, 15) is 9.59 Å². The summed E-state index contributed by atoms with van der Waals surface area (Å²) in [4.78, 5) is 23.9. The minimum absolute atomic E-state index is 0.0308. The molecule has 0 spiro atoms. The van der Waals surface area contributed by atoms with Crippen molar-refractivity contribution in [1.29, 1.82) is 5.41 Å². The number of aliphatic carboxylic acids is 1. The maximum atomic E-state index is 13.0. The van der Waals surface area contributed by atoms with E-state index in [-0.39, 0.29) is 18.2 Å². The van der Waals surface area contributed by atoms with Gasteiger partial charge in [0.15, 0.2) is 0 Å². The Morgan fingerprint density at radius 1 is 1.00 bits per heavy atom. The molecule has 0 aliphatic carbocycles. The molecular weight excluding hydrogens is 404 g/mol. The van der Waals surface area contributed by atoms with Gasteiger partial charge in [0.25, 0.3) is 5.91 Å². The first kappa shape index (κ1) is 22.6. The van der Waals surface area contributed by atoms with Gasteiger partial charge in [-0.15, -0.1) is 0 Å². The van der Waals surface area contributed by atoms with Gasteiger partial charge >= 0.3 is 5.97 Å². The molecule has 7 nitrogen and oxygen atoms in total. The van der Waals surface area contributed by atoms with Crippen molar-refractivity contribution < 1.29 is 14.7 Å². The van der Waals surface area contributed by atoms with E-state index >= 15 is 0 Å². The molecule has 3 aromatic carbocycles. The Bertz CT molecular complexity index is 1140. The molecule has 1 amide bonds. The number of carbonyl (C=O) groups is 2. The third-order valence-corrected chi connectivity index (χ3v) is 5.07. The van der Waals surface area contributed by atoms with Crippen molar-refractivity contribution in [2.45, 2.75) is 26.3 Å². The molecule has 0 saturated heterocycles. The number of carbonyl (C=O) groups excluding carboxylic acids is 1. The van der Waals surface area contributed by atoms with E-state index in [1.807, 2.05) is 49.4 Å². The second-order valence-corrected chi connectivity index (χ2v) is 7.51. The van der Waals surface area contributed by atoms with Crippen molar-refractivity contribution in [1.82, 2.24) is 0 Å². The molecule has 0 saturated carbocycles. The smallest absolute Gasteiger partial charge is 0.303 e. The number of amides is 1. The molecule has 0 aliphatic rings. The van der Waals surface area contributed by atoms with Crippen molar-refractivity contribution in [3.63, 3.8) is 0 Å². The lowest BCUT2D eigenvalue weighted by atomic mass is 10.0. The number of rotatable bonds is 9. The highest BCUT2D eigenvalue weighted by Gasteiger charge is 2.13. The Kier molecular flexibility index (Phi) is 7.23. The fourth-order valence-electron chi connectivity index (χ4n) is 3.34. The van der Waals surface area contributed by atoms with Gasteiger partial charge in [0.1, 0.15) is 5.84 Å². The summed E-state index contributed by atoms with van der Waals surface area (Å²) in [6.07, 6.45) is 0.516. The second kappa shape index (κ2) is 10.3. The van der Waals surface area contributed by atoms with Crippen LogP contribution in [0.5, 0.6) is 0 Å². The van der Waals surface area contributed by atoms with Crippen LogP contribution in [0.15, 0.2) is 66.7 Å². The summed E-state index contributed by atoms with van der Waals surface area (Å²) in [6, 6.07) is 20.1. The van der Waals surface area contributed by atoms with E-state index in [1.165, 1.54) is 0 Å². The average molecular weight is 431 g/mol. The van der Waals surface area contributed by atoms with Crippen molar-refractivity contribution >= 4 is 29.1 Å². The van der Waals surface area contributed by atoms with Gasteiger partial charge in [0.2, 0.25) is 0 Å². The van der Waals surface area contributed by atoms with Gasteiger partial charge in [-0.3, -0.25) is 15.0 Å². The predicted molar refractivity (Wildman–Crippen MR) is 126 cm³/mol. The molecule has 0 aromatic heterocycles. The van der Waals surface area contributed by atoms with E-state index in [0.29, 0.717) is 35.5 Å². The van der Waals surface area contributed by atoms with Crippen LogP contribution in [0.3, 0.4) is 0 Å². The summed E-state index contributed by atoms with van der Waals surface area (Å²) in [5.74, 6) is -1.12. The first-order valence-corrected chi connectivity index (χ1v) is 10.2. The minimum Gasteiger partial charge on any atom is -0.481 e. The summed E-state index contributed by atoms with van der Waals surface area (Å²) in [5, 5.41) is 22.7. The van der Waals surface area contributed by atoms with Crippen LogP contribution in [0.1, 0.15) is 39.0 Å². The Balaban J connectivity index is 1.76. The third-order valence-electron chi connectivity index (χ3n) is 5.07. The number of nitrogens with two attached hydrogens (primary N) is 1. The normalized spacial score (nSPS) is 10.4. The van der Waals surface area contributed by atoms with Crippen molar-refractivity contribution in [2.75, 3.05) is 10.6 Å². The zero-order valence-electron chi connectivity index (χ0n) is 17.8. The van der Waals surface area contributed by atoms with Gasteiger partial charge in [0, 0.05) is 29.9 Å². The number of benzene rings is 3. The van der Waals surface area contributed by atoms with Crippen LogP contribution in [-0.2, 0) is 17.8 Å². The van der Waals surface area contributed by atoms with Crippen molar-refractivity contribution in [2.24, 2.45) is 5.73 Å². The Labute approximate surface area is 186 Å². The van der Waals surface area contributed by atoms with Gasteiger partial charge in [0.05, 0.1) is 5.56 Å². The van der Waals surface area contributed by atoms with Crippen molar-refractivity contribution in [3.8, 4) is 0 Å². The summed E-state index contributed by atoms with van der Waals surface area (Å²) in [5.41, 5.74) is 10.8. The SMILES string of the molecule is Cc1ccc(NCc2ccccc2CCC(=O)O)c(C(=O)Nc2ccc(C(=N)N)cc2)c1. The topological polar surface area (TPSA) is 128 Å². The number of aryl methyl sites for hydroxylation is 2. The van der Waals surface area contributed by atoms with Gasteiger partial charge in [-0.1, -0.05) is 35.9 Å². The monoisotopic (exact) mass is 430 g/mol. The Morgan fingerprint density at radius 3 is 2.34 bits per heavy atom. The Hall–Kier alpha value is -4.13. The fourth-order valence-corrected chi connectivity index (χ4v) is 3.34. The maximum absolute atomic E-state index is 13.0. The third kappa shape index (κ3) is 5.95. The summed E-state index contributed by atoms with van der Waals surface area (Å²) in [7, 11) is 0. The molecule has 164 valence electrons. The number of carboxylic acid groups (broad SMARTS) is 1. The highest BCUT2D eigenvalue weighted by atomic mass is 16.4. The lowest BCUT2D eigenvalue weighted by Crippen LogP contribution is -2.16. The lowest BCUT2D eigenvalue weighted by molar-refractivity contribution is -0.136. The standard InChI is InChI=1S/C25H26N4O3/c1-16-6-12-22(28-15-19-5-3-2-4-17(19)9-13-23(30)31)21(14-16)25(32)29-20-10-7-18(8-11-20)24(26)27/h2-8,10-12,14,28H,9,13,15H2,1H3,(H3,26,27)(H,29,32)(H,30,31). The molecule has 0 fully saturated rings. The van der Waals surface area contributed by atoms with Crippen LogP contribution >= 0.6 is 0 Å². The number of anilines is 2. The first-order valence-electron chi connectivity index (χ1n) is 10.2. The predicted octanol–water partition coefficient (Wildman–Crippen LogP) is 4.16. The zero-order chi connectivity index (χ0) is 23.1. The van der Waals surface area contributed by atoms with Crippen LogP contribution in [-0.4, -0.2) is 22.8 Å².